The first-order valence-electron chi connectivity index (χ1n) is 9.22. The second kappa shape index (κ2) is 8.84. The average molecular weight is 462 g/mol. The van der Waals surface area contributed by atoms with Crippen LogP contribution in [0.1, 0.15) is 12.8 Å². The third kappa shape index (κ3) is 4.56. The van der Waals surface area contributed by atoms with Crippen molar-refractivity contribution in [2.24, 2.45) is 5.73 Å². The molecule has 0 saturated carbocycles. The molecule has 1 aromatic rings. The van der Waals surface area contributed by atoms with Crippen molar-refractivity contribution < 1.29 is 27.2 Å². The molecule has 30 heavy (non-hydrogen) atoms. The van der Waals surface area contributed by atoms with E-state index in [1.54, 1.807) is 0 Å². The van der Waals surface area contributed by atoms with Gasteiger partial charge < -0.3 is 20.9 Å². The summed E-state index contributed by atoms with van der Waals surface area (Å²) < 4.78 is 41.9. The highest BCUT2D eigenvalue weighted by Crippen LogP contribution is 2.35. The molecule has 2 fully saturated rings. The van der Waals surface area contributed by atoms with E-state index in [1.165, 1.54) is 9.80 Å². The minimum Gasteiger partial charge on any atom is -0.368 e. The van der Waals surface area contributed by atoms with E-state index in [0.29, 0.717) is 25.6 Å². The van der Waals surface area contributed by atoms with Crippen molar-refractivity contribution >= 4 is 45.0 Å². The highest BCUT2D eigenvalue weighted by molar-refractivity contribution is 7.89. The molecule has 3 amide bonds. The molecule has 164 valence electrons. The summed E-state index contributed by atoms with van der Waals surface area (Å²) in [7, 11) is -4.63. The number of hydrogen-bond acceptors (Lipinski definition) is 6. The summed E-state index contributed by atoms with van der Waals surface area (Å²) >= 11 is 6.20. The number of hydrogen-bond donors (Lipinski definition) is 3. The molecule has 1 atom stereocenters. The van der Waals surface area contributed by atoms with Gasteiger partial charge in [0.05, 0.1) is 10.7 Å². The molecular formula is C17H21ClFN5O5S. The zero-order chi connectivity index (χ0) is 22.1. The Labute approximate surface area is 177 Å². The van der Waals surface area contributed by atoms with E-state index in [0.717, 1.165) is 6.07 Å². The Kier molecular flexibility index (Phi) is 6.60. The smallest absolute Gasteiger partial charge is 0.250 e. The van der Waals surface area contributed by atoms with Gasteiger partial charge in [-0.3, -0.25) is 14.4 Å². The topological polar surface area (TPSA) is 142 Å². The van der Waals surface area contributed by atoms with Crippen molar-refractivity contribution in [3.05, 3.63) is 23.0 Å². The number of amides is 3. The molecule has 0 aromatic heterocycles. The number of piperazine rings is 1. The maximum atomic E-state index is 14.2. The van der Waals surface area contributed by atoms with Crippen LogP contribution in [-0.4, -0.2) is 69.8 Å². The SMILES string of the molecule is NC(=O)[C@H](NS(=O)(=O)c1cc(F)cc(N2CCCC2=O)c1Cl)C(=O)N1CCNCC1. The average Bonchev–Trinajstić information content (AvgIpc) is 3.13. The summed E-state index contributed by atoms with van der Waals surface area (Å²) in [5, 5.41) is 2.63. The fourth-order valence-corrected chi connectivity index (χ4v) is 5.14. The van der Waals surface area contributed by atoms with Crippen LogP contribution in [0.2, 0.25) is 5.02 Å². The Balaban J connectivity index is 1.93. The first-order valence-corrected chi connectivity index (χ1v) is 11.1. The summed E-state index contributed by atoms with van der Waals surface area (Å²) in [6.07, 6.45) is 0.755. The van der Waals surface area contributed by atoms with Crippen LogP contribution in [0.4, 0.5) is 10.1 Å². The lowest BCUT2D eigenvalue weighted by Crippen LogP contribution is -2.58. The first-order chi connectivity index (χ1) is 14.1. The van der Waals surface area contributed by atoms with E-state index in [9.17, 15) is 27.2 Å². The molecule has 2 heterocycles. The Morgan fingerprint density at radius 1 is 1.23 bits per heavy atom. The number of benzene rings is 1. The number of anilines is 1. The predicted molar refractivity (Wildman–Crippen MR) is 106 cm³/mol. The van der Waals surface area contributed by atoms with E-state index in [4.69, 9.17) is 17.3 Å². The van der Waals surface area contributed by atoms with Crippen LogP contribution in [0.5, 0.6) is 0 Å². The summed E-state index contributed by atoms with van der Waals surface area (Å²) in [6, 6.07) is -0.270. The molecule has 13 heteroatoms. The highest BCUT2D eigenvalue weighted by atomic mass is 35.5. The van der Waals surface area contributed by atoms with Gasteiger partial charge in [-0.05, 0) is 18.6 Å². The highest BCUT2D eigenvalue weighted by Gasteiger charge is 2.36. The van der Waals surface area contributed by atoms with Gasteiger partial charge in [-0.2, -0.15) is 4.72 Å². The molecule has 0 radical (unpaired) electrons. The first kappa shape index (κ1) is 22.4. The third-order valence-electron chi connectivity index (χ3n) is 4.87. The number of nitrogens with two attached hydrogens (primary N) is 1. The molecule has 2 aliphatic rings. The van der Waals surface area contributed by atoms with E-state index in [2.05, 4.69) is 5.32 Å². The number of nitrogens with zero attached hydrogens (tertiary/aromatic N) is 2. The van der Waals surface area contributed by atoms with Gasteiger partial charge in [-0.1, -0.05) is 11.6 Å². The molecule has 0 bridgehead atoms. The van der Waals surface area contributed by atoms with Crippen LogP contribution >= 0.6 is 11.6 Å². The van der Waals surface area contributed by atoms with Gasteiger partial charge in [0, 0.05) is 39.1 Å². The number of primary amides is 1. The van der Waals surface area contributed by atoms with Gasteiger partial charge in [0.2, 0.25) is 21.8 Å². The third-order valence-corrected chi connectivity index (χ3v) is 6.83. The van der Waals surface area contributed by atoms with E-state index < -0.39 is 43.6 Å². The van der Waals surface area contributed by atoms with Crippen LogP contribution in [0.25, 0.3) is 0 Å². The molecule has 0 spiro atoms. The molecule has 4 N–H and O–H groups in total. The molecule has 0 aliphatic carbocycles. The minimum absolute atomic E-state index is 0.0939. The van der Waals surface area contributed by atoms with E-state index >= 15 is 0 Å². The zero-order valence-corrected chi connectivity index (χ0v) is 17.4. The van der Waals surface area contributed by atoms with Crippen LogP contribution in [0.15, 0.2) is 17.0 Å². The summed E-state index contributed by atoms with van der Waals surface area (Å²) in [5.41, 5.74) is 5.16. The van der Waals surface area contributed by atoms with Crippen molar-refractivity contribution in [3.63, 3.8) is 0 Å². The van der Waals surface area contributed by atoms with Crippen molar-refractivity contribution in [2.75, 3.05) is 37.6 Å². The van der Waals surface area contributed by atoms with Crippen LogP contribution in [-0.2, 0) is 24.4 Å². The Bertz CT molecular complexity index is 983. The quantitative estimate of drug-likeness (QED) is 0.472. The zero-order valence-electron chi connectivity index (χ0n) is 15.9. The lowest BCUT2D eigenvalue weighted by Gasteiger charge is -2.30. The monoisotopic (exact) mass is 461 g/mol. The van der Waals surface area contributed by atoms with Crippen molar-refractivity contribution in [1.29, 1.82) is 0 Å². The number of rotatable bonds is 6. The van der Waals surface area contributed by atoms with Gasteiger partial charge in [0.15, 0.2) is 6.04 Å². The summed E-state index contributed by atoms with van der Waals surface area (Å²) in [5.74, 6) is -3.28. The molecule has 0 unspecified atom stereocenters. The van der Waals surface area contributed by atoms with Crippen molar-refractivity contribution in [1.82, 2.24) is 14.9 Å². The normalized spacial score (nSPS) is 18.5. The van der Waals surface area contributed by atoms with Crippen molar-refractivity contribution in [2.45, 2.75) is 23.8 Å². The van der Waals surface area contributed by atoms with Gasteiger partial charge in [-0.15, -0.1) is 0 Å². The minimum atomic E-state index is -4.63. The molecule has 1 aromatic carbocycles. The Hall–Kier alpha value is -2.28. The largest absolute Gasteiger partial charge is 0.368 e. The second-order valence-corrected chi connectivity index (χ2v) is 8.98. The van der Waals surface area contributed by atoms with E-state index in [1.807, 2.05) is 4.72 Å². The molecular weight excluding hydrogens is 441 g/mol. The predicted octanol–water partition coefficient (Wildman–Crippen LogP) is -0.830. The number of carbonyl (C=O) groups is 3. The van der Waals surface area contributed by atoms with Crippen LogP contribution < -0.4 is 20.7 Å². The standard InChI is InChI=1S/C17H21ClFN5O5S/c18-14-11(24-5-1-2-13(24)25)8-10(19)9-12(14)30(28,29)22-15(16(20)26)17(27)23-6-3-21-4-7-23/h8-9,15,21-22H,1-7H2,(H2,20,26)/t15-/m0/s1. The second-order valence-electron chi connectivity index (χ2n) is 6.92. The number of carbonyl (C=O) groups excluding carboxylic acids is 3. The fraction of sp³-hybridized carbons (Fsp3) is 0.471. The van der Waals surface area contributed by atoms with Crippen molar-refractivity contribution in [3.8, 4) is 0 Å². The van der Waals surface area contributed by atoms with Gasteiger partial charge in [-0.25, -0.2) is 12.8 Å². The maximum Gasteiger partial charge on any atom is 0.250 e. The number of sulfonamides is 1. The number of nitrogens with one attached hydrogen (secondary N) is 2. The lowest BCUT2D eigenvalue weighted by molar-refractivity contribution is -0.138. The van der Waals surface area contributed by atoms with Gasteiger partial charge in [0.25, 0.3) is 5.91 Å². The Morgan fingerprint density at radius 2 is 1.90 bits per heavy atom. The maximum absolute atomic E-state index is 14.2. The summed E-state index contributed by atoms with van der Waals surface area (Å²) in [6.45, 7) is 1.76. The Morgan fingerprint density at radius 3 is 2.47 bits per heavy atom. The fourth-order valence-electron chi connectivity index (χ4n) is 3.36. The molecule has 3 rings (SSSR count). The van der Waals surface area contributed by atoms with Gasteiger partial charge >= 0.3 is 0 Å². The number of halogens is 2. The summed E-state index contributed by atoms with van der Waals surface area (Å²) in [4.78, 5) is 38.3. The lowest BCUT2D eigenvalue weighted by atomic mass is 10.2. The van der Waals surface area contributed by atoms with Crippen LogP contribution in [0, 0.1) is 5.82 Å². The van der Waals surface area contributed by atoms with Crippen LogP contribution in [0.3, 0.4) is 0 Å². The van der Waals surface area contributed by atoms with Gasteiger partial charge in [0.1, 0.15) is 10.7 Å². The molecule has 10 nitrogen and oxygen atoms in total. The van der Waals surface area contributed by atoms with E-state index in [-0.39, 0.29) is 37.6 Å². The molecule has 2 aliphatic heterocycles. The molecule has 2 saturated heterocycles.